The Labute approximate surface area is 120 Å². The average Bonchev–Trinajstić information content (AvgIpc) is 2.99. The Morgan fingerprint density at radius 2 is 2.33 bits per heavy atom. The van der Waals surface area contributed by atoms with Crippen LogP contribution in [0.25, 0.3) is 0 Å². The van der Waals surface area contributed by atoms with Crippen molar-refractivity contribution in [1.82, 2.24) is 20.6 Å². The summed E-state index contributed by atoms with van der Waals surface area (Å²) in [5.74, 6) is 0.663. The Kier molecular flexibility index (Phi) is 4.64. The van der Waals surface area contributed by atoms with Gasteiger partial charge in [-0.3, -0.25) is 10.1 Å². The van der Waals surface area contributed by atoms with Crippen LogP contribution in [0.1, 0.15) is 32.1 Å². The molecule has 0 aliphatic heterocycles. The van der Waals surface area contributed by atoms with Gasteiger partial charge in [-0.1, -0.05) is 18.2 Å². The molecule has 0 amide bonds. The Morgan fingerprint density at radius 3 is 2.95 bits per heavy atom. The fraction of sp³-hybridized carbons (Fsp3) is 0.417. The molecule has 0 saturated heterocycles. The number of H-pyrrole nitrogens is 1. The van der Waals surface area contributed by atoms with E-state index in [0.29, 0.717) is 18.1 Å². The van der Waals surface area contributed by atoms with Crippen molar-refractivity contribution in [2.24, 2.45) is 0 Å². The van der Waals surface area contributed by atoms with Crippen molar-refractivity contribution in [2.75, 3.05) is 11.9 Å². The van der Waals surface area contributed by atoms with Gasteiger partial charge in [-0.05, 0) is 25.5 Å². The number of nitrogens with zero attached hydrogens (tertiary/aromatic N) is 4. The van der Waals surface area contributed by atoms with Crippen LogP contribution in [-0.2, 0) is 0 Å². The highest BCUT2D eigenvalue weighted by Crippen LogP contribution is 2.36. The number of para-hydroxylation sites is 1. The number of hydrogen-bond acceptors (Lipinski definition) is 7. The number of nitrogens with one attached hydrogen (secondary N) is 2. The smallest absolute Gasteiger partial charge is 0.333 e. The van der Waals surface area contributed by atoms with Crippen molar-refractivity contribution in [3.63, 3.8) is 0 Å². The first-order chi connectivity index (χ1) is 10.1. The number of tetrazole rings is 1. The lowest BCUT2D eigenvalue weighted by Gasteiger charge is -2.13. The predicted molar refractivity (Wildman–Crippen MR) is 75.1 cm³/mol. The summed E-state index contributed by atoms with van der Waals surface area (Å²) < 4.78 is 5.43. The number of rotatable bonds is 7. The molecule has 1 aromatic carbocycles. The summed E-state index contributed by atoms with van der Waals surface area (Å²) in [5.41, 5.74) is 0.257. The standard InChI is InChI=1S/C12H16N6O3/c1-3-7-21-10-6-4-5-9(11(10)18(19)20)13-8(2)12-14-16-17-15-12/h4-6,8,13H,3,7H2,1-2H3,(H,14,15,16,17). The van der Waals surface area contributed by atoms with Gasteiger partial charge in [0.15, 0.2) is 11.6 Å². The van der Waals surface area contributed by atoms with Crippen LogP contribution in [-0.4, -0.2) is 32.2 Å². The summed E-state index contributed by atoms with van der Waals surface area (Å²) >= 11 is 0. The summed E-state index contributed by atoms with van der Waals surface area (Å²) in [4.78, 5) is 10.8. The highest BCUT2D eigenvalue weighted by Gasteiger charge is 2.23. The van der Waals surface area contributed by atoms with Gasteiger partial charge in [0.1, 0.15) is 5.69 Å². The molecule has 21 heavy (non-hydrogen) atoms. The summed E-state index contributed by atoms with van der Waals surface area (Å²) in [7, 11) is 0. The van der Waals surface area contributed by atoms with Gasteiger partial charge >= 0.3 is 5.69 Å². The minimum Gasteiger partial charge on any atom is -0.487 e. The van der Waals surface area contributed by atoms with Gasteiger partial charge < -0.3 is 10.1 Å². The van der Waals surface area contributed by atoms with Crippen molar-refractivity contribution in [3.05, 3.63) is 34.1 Å². The van der Waals surface area contributed by atoms with Gasteiger partial charge in [0.2, 0.25) is 0 Å². The molecule has 0 saturated carbocycles. The van der Waals surface area contributed by atoms with Crippen molar-refractivity contribution < 1.29 is 9.66 Å². The Bertz CT molecular complexity index is 601. The van der Waals surface area contributed by atoms with Gasteiger partial charge in [-0.15, -0.1) is 10.2 Å². The SMILES string of the molecule is CCCOc1cccc(NC(C)c2nn[nH]n2)c1[N+](=O)[O-]. The molecule has 9 heteroatoms. The highest BCUT2D eigenvalue weighted by molar-refractivity contribution is 5.68. The topological polar surface area (TPSA) is 119 Å². The van der Waals surface area contributed by atoms with E-state index in [9.17, 15) is 10.1 Å². The van der Waals surface area contributed by atoms with E-state index in [1.165, 1.54) is 0 Å². The van der Waals surface area contributed by atoms with Crippen LogP contribution in [0.15, 0.2) is 18.2 Å². The monoisotopic (exact) mass is 292 g/mol. The lowest BCUT2D eigenvalue weighted by molar-refractivity contribution is -0.385. The van der Waals surface area contributed by atoms with Crippen molar-refractivity contribution in [1.29, 1.82) is 0 Å². The lowest BCUT2D eigenvalue weighted by Crippen LogP contribution is -2.11. The molecule has 9 nitrogen and oxygen atoms in total. The van der Waals surface area contributed by atoms with E-state index in [2.05, 4.69) is 25.9 Å². The summed E-state index contributed by atoms with van der Waals surface area (Å²) in [5, 5.41) is 27.8. The van der Waals surface area contributed by atoms with Gasteiger partial charge in [0.25, 0.3) is 0 Å². The zero-order valence-corrected chi connectivity index (χ0v) is 11.7. The fourth-order valence-corrected chi connectivity index (χ4v) is 1.81. The molecule has 0 bridgehead atoms. The summed E-state index contributed by atoms with van der Waals surface area (Å²) in [6, 6.07) is 4.57. The quantitative estimate of drug-likeness (QED) is 0.592. The van der Waals surface area contributed by atoms with Crippen molar-refractivity contribution in [3.8, 4) is 5.75 Å². The highest BCUT2D eigenvalue weighted by atomic mass is 16.6. The third-order valence-electron chi connectivity index (χ3n) is 2.76. The normalized spacial score (nSPS) is 11.9. The van der Waals surface area contributed by atoms with Crippen LogP contribution in [0.2, 0.25) is 0 Å². The van der Waals surface area contributed by atoms with Crippen LogP contribution in [0.4, 0.5) is 11.4 Å². The second-order valence-corrected chi connectivity index (χ2v) is 4.39. The number of anilines is 1. The first-order valence-electron chi connectivity index (χ1n) is 6.53. The van der Waals surface area contributed by atoms with Crippen LogP contribution in [0.5, 0.6) is 5.75 Å². The molecule has 2 rings (SSSR count). The second kappa shape index (κ2) is 6.64. The minimum atomic E-state index is -0.462. The van der Waals surface area contributed by atoms with E-state index in [0.717, 1.165) is 6.42 Å². The molecule has 1 atom stereocenters. The van der Waals surface area contributed by atoms with Crippen LogP contribution >= 0.6 is 0 Å². The zero-order valence-electron chi connectivity index (χ0n) is 11.7. The average molecular weight is 292 g/mol. The van der Waals surface area contributed by atoms with E-state index in [1.54, 1.807) is 25.1 Å². The van der Waals surface area contributed by atoms with Gasteiger partial charge in [0, 0.05) is 0 Å². The zero-order chi connectivity index (χ0) is 15.2. The second-order valence-electron chi connectivity index (χ2n) is 4.39. The first-order valence-corrected chi connectivity index (χ1v) is 6.53. The summed E-state index contributed by atoms with van der Waals surface area (Å²) in [6.45, 7) is 4.14. The maximum Gasteiger partial charge on any atom is 0.333 e. The maximum absolute atomic E-state index is 11.3. The number of aromatic amines is 1. The number of ether oxygens (including phenoxy) is 1. The molecule has 1 unspecified atom stereocenters. The molecule has 2 N–H and O–H groups in total. The molecule has 1 heterocycles. The number of nitro benzene ring substituents is 1. The summed E-state index contributed by atoms with van der Waals surface area (Å²) in [6.07, 6.45) is 0.772. The van der Waals surface area contributed by atoms with E-state index >= 15 is 0 Å². The van der Waals surface area contributed by atoms with Gasteiger partial charge in [-0.2, -0.15) is 5.21 Å². The third-order valence-corrected chi connectivity index (χ3v) is 2.76. The van der Waals surface area contributed by atoms with Crippen LogP contribution < -0.4 is 10.1 Å². The van der Waals surface area contributed by atoms with Gasteiger partial charge in [-0.25, -0.2) is 0 Å². The maximum atomic E-state index is 11.3. The van der Waals surface area contributed by atoms with Crippen molar-refractivity contribution in [2.45, 2.75) is 26.3 Å². The van der Waals surface area contributed by atoms with Crippen molar-refractivity contribution >= 4 is 11.4 Å². The Hall–Kier alpha value is -2.71. The molecular weight excluding hydrogens is 276 g/mol. The molecule has 0 aliphatic rings. The molecular formula is C12H16N6O3. The molecule has 112 valence electrons. The number of aromatic nitrogens is 4. The molecule has 0 fully saturated rings. The first kappa shape index (κ1) is 14.7. The van der Waals surface area contributed by atoms with E-state index < -0.39 is 4.92 Å². The lowest BCUT2D eigenvalue weighted by atomic mass is 10.2. The third kappa shape index (κ3) is 3.44. The Balaban J connectivity index is 2.27. The fourth-order valence-electron chi connectivity index (χ4n) is 1.81. The molecule has 0 aliphatic carbocycles. The van der Waals surface area contributed by atoms with Crippen LogP contribution in [0.3, 0.4) is 0 Å². The molecule has 0 spiro atoms. The number of nitro groups is 1. The number of benzene rings is 1. The number of hydrogen-bond donors (Lipinski definition) is 2. The molecule has 1 aromatic heterocycles. The largest absolute Gasteiger partial charge is 0.487 e. The Morgan fingerprint density at radius 1 is 1.52 bits per heavy atom. The molecule has 2 aromatic rings. The van der Waals surface area contributed by atoms with Crippen LogP contribution in [0, 0.1) is 10.1 Å². The van der Waals surface area contributed by atoms with E-state index in [1.807, 2.05) is 6.92 Å². The van der Waals surface area contributed by atoms with E-state index in [4.69, 9.17) is 4.74 Å². The predicted octanol–water partition coefficient (Wildman–Crippen LogP) is 2.07. The molecule has 0 radical (unpaired) electrons. The minimum absolute atomic E-state index is 0.0960. The van der Waals surface area contributed by atoms with Gasteiger partial charge in [0.05, 0.1) is 17.6 Å². The van der Waals surface area contributed by atoms with E-state index in [-0.39, 0.29) is 17.5 Å².